The summed E-state index contributed by atoms with van der Waals surface area (Å²) in [7, 11) is -3.67. The number of carbonyl (C=O) groups is 2. The van der Waals surface area contributed by atoms with Gasteiger partial charge in [0.15, 0.2) is 5.69 Å². The minimum Gasteiger partial charge on any atom is -0.465 e. The molecule has 1 fully saturated rings. The molecule has 0 aliphatic carbocycles. The molecule has 13 heteroatoms. The van der Waals surface area contributed by atoms with Crippen molar-refractivity contribution in [2.75, 3.05) is 30.6 Å². The zero-order valence-corrected chi connectivity index (χ0v) is 22.4. The molecule has 0 spiro atoms. The van der Waals surface area contributed by atoms with E-state index in [0.29, 0.717) is 5.56 Å². The Bertz CT molecular complexity index is 1270. The quantitative estimate of drug-likeness (QED) is 0.492. The second-order valence-corrected chi connectivity index (χ2v) is 12.2. The minimum absolute atomic E-state index is 0.00380. The molecule has 1 aliphatic heterocycles. The number of rotatable bonds is 6. The van der Waals surface area contributed by atoms with Crippen LogP contribution in [-0.4, -0.2) is 67.4 Å². The fourth-order valence-electron chi connectivity index (χ4n) is 4.01. The van der Waals surface area contributed by atoms with Crippen LogP contribution in [0.5, 0.6) is 0 Å². The van der Waals surface area contributed by atoms with Crippen LogP contribution < -0.4 is 10.0 Å². The van der Waals surface area contributed by atoms with E-state index in [2.05, 4.69) is 15.0 Å². The summed E-state index contributed by atoms with van der Waals surface area (Å²) in [5.74, 6) is -1.95. The first-order valence-electron chi connectivity index (χ1n) is 11.4. The summed E-state index contributed by atoms with van der Waals surface area (Å²) in [6, 6.07) is 7.12. The number of ether oxygens (including phenoxy) is 1. The van der Waals surface area contributed by atoms with E-state index in [-0.39, 0.29) is 36.0 Å². The van der Waals surface area contributed by atoms with Gasteiger partial charge in [0.25, 0.3) is 5.91 Å². The SMILES string of the molecule is CC(C)(C)C1CN(C(=O)O)C[C@@H](CNC(=O)c2ncccc2NS(C)(=O)=O)[C@H](c2ccc(Cl)c(F)c2)O1. The van der Waals surface area contributed by atoms with Crippen LogP contribution in [0.3, 0.4) is 0 Å². The molecule has 1 aliphatic rings. The number of anilines is 1. The highest BCUT2D eigenvalue weighted by Gasteiger charge is 2.40. The van der Waals surface area contributed by atoms with Crippen molar-refractivity contribution in [3.63, 3.8) is 0 Å². The van der Waals surface area contributed by atoms with Gasteiger partial charge in [0, 0.05) is 25.2 Å². The molecular weight excluding hydrogens is 527 g/mol. The van der Waals surface area contributed by atoms with E-state index in [1.165, 1.54) is 35.4 Å². The highest BCUT2D eigenvalue weighted by Crippen LogP contribution is 2.37. The summed E-state index contributed by atoms with van der Waals surface area (Å²) >= 11 is 5.87. The Balaban J connectivity index is 1.94. The Kier molecular flexibility index (Phi) is 8.66. The molecule has 1 aromatic carbocycles. The van der Waals surface area contributed by atoms with Crippen LogP contribution in [-0.2, 0) is 14.8 Å². The number of nitrogens with one attached hydrogen (secondary N) is 2. The van der Waals surface area contributed by atoms with Gasteiger partial charge < -0.3 is 20.1 Å². The predicted octanol–water partition coefficient (Wildman–Crippen LogP) is 3.76. The van der Waals surface area contributed by atoms with Crippen molar-refractivity contribution in [2.45, 2.75) is 33.0 Å². The summed E-state index contributed by atoms with van der Waals surface area (Å²) in [5, 5.41) is 12.5. The highest BCUT2D eigenvalue weighted by atomic mass is 35.5. The van der Waals surface area contributed by atoms with Crippen molar-refractivity contribution in [3.05, 3.63) is 58.6 Å². The van der Waals surface area contributed by atoms with Gasteiger partial charge in [-0.1, -0.05) is 38.4 Å². The van der Waals surface area contributed by atoms with E-state index in [1.807, 2.05) is 20.8 Å². The first-order valence-corrected chi connectivity index (χ1v) is 13.7. The summed E-state index contributed by atoms with van der Waals surface area (Å²) in [5.41, 5.74) is -0.162. The van der Waals surface area contributed by atoms with Gasteiger partial charge >= 0.3 is 6.09 Å². The van der Waals surface area contributed by atoms with Crippen LogP contribution in [0.2, 0.25) is 5.02 Å². The molecule has 3 atom stereocenters. The maximum Gasteiger partial charge on any atom is 0.407 e. The zero-order chi connectivity index (χ0) is 27.5. The summed E-state index contributed by atoms with van der Waals surface area (Å²) in [6.45, 7) is 5.75. The number of nitrogens with zero attached hydrogens (tertiary/aromatic N) is 2. The maximum absolute atomic E-state index is 14.4. The van der Waals surface area contributed by atoms with Crippen molar-refractivity contribution in [1.29, 1.82) is 0 Å². The first kappa shape index (κ1) is 28.6. The first-order chi connectivity index (χ1) is 17.2. The lowest BCUT2D eigenvalue weighted by Gasteiger charge is -2.34. The normalized spacial score (nSPS) is 20.7. The van der Waals surface area contributed by atoms with Crippen molar-refractivity contribution >= 4 is 39.3 Å². The molecule has 37 heavy (non-hydrogen) atoms. The number of carbonyl (C=O) groups excluding carboxylic acids is 1. The van der Waals surface area contributed by atoms with E-state index < -0.39 is 51.4 Å². The average molecular weight is 557 g/mol. The van der Waals surface area contributed by atoms with Crippen LogP contribution >= 0.6 is 11.6 Å². The van der Waals surface area contributed by atoms with E-state index in [0.717, 1.165) is 6.26 Å². The molecule has 0 bridgehead atoms. The van der Waals surface area contributed by atoms with Gasteiger partial charge in [0.1, 0.15) is 5.82 Å². The van der Waals surface area contributed by atoms with Gasteiger partial charge in [-0.05, 0) is 35.2 Å². The number of hydrogen-bond acceptors (Lipinski definition) is 6. The Morgan fingerprint density at radius 2 is 1.97 bits per heavy atom. The molecule has 1 aromatic heterocycles. The lowest BCUT2D eigenvalue weighted by atomic mass is 9.88. The molecule has 2 aromatic rings. The molecule has 2 heterocycles. The predicted molar refractivity (Wildman–Crippen MR) is 137 cm³/mol. The fourth-order valence-corrected chi connectivity index (χ4v) is 4.69. The van der Waals surface area contributed by atoms with Crippen molar-refractivity contribution < 1.29 is 32.2 Å². The van der Waals surface area contributed by atoms with Gasteiger partial charge in [0.2, 0.25) is 10.0 Å². The largest absolute Gasteiger partial charge is 0.465 e. The van der Waals surface area contributed by atoms with E-state index in [1.54, 1.807) is 6.07 Å². The zero-order valence-electron chi connectivity index (χ0n) is 20.9. The van der Waals surface area contributed by atoms with Gasteiger partial charge in [0.05, 0.1) is 35.7 Å². The molecule has 3 rings (SSSR count). The smallest absolute Gasteiger partial charge is 0.407 e. The number of pyridine rings is 1. The van der Waals surface area contributed by atoms with Gasteiger partial charge in [-0.25, -0.2) is 22.6 Å². The number of hydrogen-bond donors (Lipinski definition) is 3. The number of carboxylic acid groups (broad SMARTS) is 1. The third-order valence-electron chi connectivity index (χ3n) is 5.93. The summed E-state index contributed by atoms with van der Waals surface area (Å²) in [4.78, 5) is 30.2. The van der Waals surface area contributed by atoms with Crippen molar-refractivity contribution in [3.8, 4) is 0 Å². The molecule has 0 radical (unpaired) electrons. The van der Waals surface area contributed by atoms with Gasteiger partial charge in [-0.15, -0.1) is 0 Å². The number of amides is 2. The summed E-state index contributed by atoms with van der Waals surface area (Å²) in [6.07, 6.45) is -0.169. The molecule has 1 saturated heterocycles. The molecular formula is C24H30ClFN4O6S. The van der Waals surface area contributed by atoms with Crippen molar-refractivity contribution in [2.24, 2.45) is 11.3 Å². The van der Waals surface area contributed by atoms with E-state index in [4.69, 9.17) is 16.3 Å². The Labute approximate surface area is 220 Å². The molecule has 0 saturated carbocycles. The Morgan fingerprint density at radius 1 is 1.27 bits per heavy atom. The molecule has 1 unspecified atom stereocenters. The molecule has 2 amide bonds. The lowest BCUT2D eigenvalue weighted by molar-refractivity contribution is -0.0764. The van der Waals surface area contributed by atoms with Gasteiger partial charge in [-0.2, -0.15) is 0 Å². The maximum atomic E-state index is 14.4. The number of benzene rings is 1. The Morgan fingerprint density at radius 3 is 2.57 bits per heavy atom. The molecule has 10 nitrogen and oxygen atoms in total. The topological polar surface area (TPSA) is 138 Å². The fraction of sp³-hybridized carbons (Fsp3) is 0.458. The minimum atomic E-state index is -3.67. The third-order valence-corrected chi connectivity index (χ3v) is 6.83. The van der Waals surface area contributed by atoms with Crippen LogP contribution in [0.4, 0.5) is 14.9 Å². The highest BCUT2D eigenvalue weighted by molar-refractivity contribution is 7.92. The number of aromatic nitrogens is 1. The van der Waals surface area contributed by atoms with E-state index >= 15 is 0 Å². The third kappa shape index (κ3) is 7.53. The molecule has 202 valence electrons. The standard InChI is InChI=1S/C24H30ClFN4O6S/c1-24(2,3)19-13-30(23(32)33)12-15(21(36-19)14-7-8-16(25)17(26)10-14)11-28-22(31)20-18(6-5-9-27-20)29-37(4,34)35/h5-10,15,19,21,29H,11-13H2,1-4H3,(H,28,31)(H,32,33)/t15-,19?,21+/m1/s1. The lowest BCUT2D eigenvalue weighted by Crippen LogP contribution is -2.43. The second kappa shape index (κ2) is 11.2. The average Bonchev–Trinajstić information content (AvgIpc) is 2.99. The van der Waals surface area contributed by atoms with Gasteiger partial charge in [-0.3, -0.25) is 9.52 Å². The molecule has 3 N–H and O–H groups in total. The van der Waals surface area contributed by atoms with Crippen molar-refractivity contribution in [1.82, 2.24) is 15.2 Å². The Hall–Kier alpha value is -2.96. The monoisotopic (exact) mass is 556 g/mol. The van der Waals surface area contributed by atoms with E-state index in [9.17, 15) is 27.5 Å². The number of halogens is 2. The number of sulfonamides is 1. The van der Waals surface area contributed by atoms with Crippen LogP contribution in [0.1, 0.15) is 42.9 Å². The van der Waals surface area contributed by atoms with Crippen LogP contribution in [0.25, 0.3) is 0 Å². The van der Waals surface area contributed by atoms with Crippen LogP contribution in [0, 0.1) is 17.2 Å². The summed E-state index contributed by atoms with van der Waals surface area (Å²) < 4.78 is 46.4. The van der Waals surface area contributed by atoms with Crippen LogP contribution in [0.15, 0.2) is 36.5 Å². The second-order valence-electron chi connectivity index (χ2n) is 10.0.